The molecule has 1 fully saturated rings. The fourth-order valence-electron chi connectivity index (χ4n) is 2.61. The van der Waals surface area contributed by atoms with Crippen molar-refractivity contribution in [1.82, 2.24) is 0 Å². The van der Waals surface area contributed by atoms with Crippen molar-refractivity contribution in [3.63, 3.8) is 0 Å². The van der Waals surface area contributed by atoms with Crippen molar-refractivity contribution in [2.24, 2.45) is 0 Å². The molecule has 1 saturated heterocycles. The van der Waals surface area contributed by atoms with Crippen LogP contribution in [0.4, 0.5) is 4.39 Å². The summed E-state index contributed by atoms with van der Waals surface area (Å²) in [7, 11) is 0. The van der Waals surface area contributed by atoms with Crippen molar-refractivity contribution in [1.29, 1.82) is 0 Å². The SMILES string of the molecule is O=C(OC(c1ccc(F)cc1)C1CCCO1)c1ccccc1. The zero-order valence-corrected chi connectivity index (χ0v) is 12.1. The fourth-order valence-corrected chi connectivity index (χ4v) is 2.61. The first-order valence-electron chi connectivity index (χ1n) is 7.37. The number of carbonyl (C=O) groups is 1. The maximum atomic E-state index is 13.1. The van der Waals surface area contributed by atoms with Crippen LogP contribution in [0.15, 0.2) is 54.6 Å². The highest BCUT2D eigenvalue weighted by atomic mass is 19.1. The molecule has 22 heavy (non-hydrogen) atoms. The van der Waals surface area contributed by atoms with Gasteiger partial charge < -0.3 is 9.47 Å². The van der Waals surface area contributed by atoms with Crippen LogP contribution in [0, 0.1) is 5.82 Å². The van der Waals surface area contributed by atoms with Crippen LogP contribution in [0.2, 0.25) is 0 Å². The van der Waals surface area contributed by atoms with Gasteiger partial charge in [0.05, 0.1) is 11.7 Å². The first-order valence-corrected chi connectivity index (χ1v) is 7.37. The Balaban J connectivity index is 1.82. The molecule has 1 heterocycles. The van der Waals surface area contributed by atoms with Crippen molar-refractivity contribution in [3.05, 3.63) is 71.5 Å². The van der Waals surface area contributed by atoms with Crippen molar-refractivity contribution in [3.8, 4) is 0 Å². The summed E-state index contributed by atoms with van der Waals surface area (Å²) < 4.78 is 24.4. The standard InChI is InChI=1S/C18H17FO3/c19-15-10-8-13(9-11-15)17(16-7-4-12-21-16)22-18(20)14-5-2-1-3-6-14/h1-3,5-6,8-11,16-17H,4,7,12H2. The zero-order valence-electron chi connectivity index (χ0n) is 12.1. The minimum Gasteiger partial charge on any atom is -0.451 e. The molecular formula is C18H17FO3. The first-order chi connectivity index (χ1) is 10.7. The summed E-state index contributed by atoms with van der Waals surface area (Å²) >= 11 is 0. The number of esters is 1. The summed E-state index contributed by atoms with van der Waals surface area (Å²) in [6.07, 6.45) is 1.06. The molecule has 3 rings (SSSR count). The monoisotopic (exact) mass is 300 g/mol. The molecule has 1 aliphatic rings. The average molecular weight is 300 g/mol. The summed E-state index contributed by atoms with van der Waals surface area (Å²) in [6.45, 7) is 0.658. The fraction of sp³-hybridized carbons (Fsp3) is 0.278. The Morgan fingerprint density at radius 2 is 1.86 bits per heavy atom. The second-order valence-electron chi connectivity index (χ2n) is 5.29. The minimum atomic E-state index is -0.518. The lowest BCUT2D eigenvalue weighted by Gasteiger charge is -2.23. The molecule has 2 aromatic rings. The summed E-state index contributed by atoms with van der Waals surface area (Å²) in [4.78, 5) is 12.3. The highest BCUT2D eigenvalue weighted by Crippen LogP contribution is 2.31. The van der Waals surface area contributed by atoms with E-state index in [0.717, 1.165) is 18.4 Å². The number of carbonyl (C=O) groups excluding carboxylic acids is 1. The summed E-state index contributed by atoms with van der Waals surface area (Å²) in [6, 6.07) is 14.8. The Labute approximate surface area is 128 Å². The Bertz CT molecular complexity index is 619. The second-order valence-corrected chi connectivity index (χ2v) is 5.29. The van der Waals surface area contributed by atoms with Gasteiger partial charge >= 0.3 is 5.97 Å². The Morgan fingerprint density at radius 3 is 2.50 bits per heavy atom. The Morgan fingerprint density at radius 1 is 1.14 bits per heavy atom. The van der Waals surface area contributed by atoms with Crippen LogP contribution >= 0.6 is 0 Å². The summed E-state index contributed by atoms with van der Waals surface area (Å²) in [5, 5.41) is 0. The number of halogens is 1. The number of hydrogen-bond acceptors (Lipinski definition) is 3. The molecule has 2 aromatic carbocycles. The van der Waals surface area contributed by atoms with E-state index in [1.165, 1.54) is 12.1 Å². The van der Waals surface area contributed by atoms with Crippen molar-refractivity contribution in [2.45, 2.75) is 25.0 Å². The molecule has 2 atom stereocenters. The van der Waals surface area contributed by atoms with E-state index in [2.05, 4.69) is 0 Å². The molecule has 1 aliphatic heterocycles. The smallest absolute Gasteiger partial charge is 0.338 e. The topological polar surface area (TPSA) is 35.5 Å². The highest BCUT2D eigenvalue weighted by Gasteiger charge is 2.31. The van der Waals surface area contributed by atoms with Crippen LogP contribution in [0.25, 0.3) is 0 Å². The average Bonchev–Trinajstić information content (AvgIpc) is 3.08. The second kappa shape index (κ2) is 6.71. The van der Waals surface area contributed by atoms with Gasteiger partial charge in [0.25, 0.3) is 0 Å². The van der Waals surface area contributed by atoms with Crippen LogP contribution < -0.4 is 0 Å². The van der Waals surface area contributed by atoms with Crippen LogP contribution in [0.1, 0.15) is 34.9 Å². The molecule has 0 saturated carbocycles. The molecule has 3 nitrogen and oxygen atoms in total. The molecule has 114 valence electrons. The van der Waals surface area contributed by atoms with E-state index in [1.54, 1.807) is 36.4 Å². The van der Waals surface area contributed by atoms with Gasteiger partial charge in [-0.3, -0.25) is 0 Å². The van der Waals surface area contributed by atoms with Gasteiger partial charge in [-0.25, -0.2) is 9.18 Å². The number of rotatable bonds is 4. The van der Waals surface area contributed by atoms with Gasteiger partial charge in [-0.05, 0) is 42.7 Å². The van der Waals surface area contributed by atoms with Gasteiger partial charge in [-0.1, -0.05) is 30.3 Å². The van der Waals surface area contributed by atoms with Crippen molar-refractivity contribution < 1.29 is 18.7 Å². The van der Waals surface area contributed by atoms with Crippen LogP contribution in [0.5, 0.6) is 0 Å². The quantitative estimate of drug-likeness (QED) is 0.803. The summed E-state index contributed by atoms with van der Waals surface area (Å²) in [5.74, 6) is -0.713. The molecule has 0 amide bonds. The Hall–Kier alpha value is -2.20. The van der Waals surface area contributed by atoms with Gasteiger partial charge in [-0.2, -0.15) is 0 Å². The third-order valence-electron chi connectivity index (χ3n) is 3.74. The molecular weight excluding hydrogens is 283 g/mol. The lowest BCUT2D eigenvalue weighted by atomic mass is 10.0. The lowest BCUT2D eigenvalue weighted by molar-refractivity contribution is -0.0302. The number of hydrogen-bond donors (Lipinski definition) is 0. The van der Waals surface area contributed by atoms with E-state index in [9.17, 15) is 9.18 Å². The predicted octanol–water partition coefficient (Wildman–Crippen LogP) is 3.90. The molecule has 0 aromatic heterocycles. The lowest BCUT2D eigenvalue weighted by Crippen LogP contribution is -2.23. The van der Waals surface area contributed by atoms with Crippen LogP contribution in [-0.2, 0) is 9.47 Å². The van der Waals surface area contributed by atoms with Gasteiger partial charge in [0, 0.05) is 6.61 Å². The minimum absolute atomic E-state index is 0.182. The number of benzene rings is 2. The Kier molecular flexibility index (Phi) is 4.49. The summed E-state index contributed by atoms with van der Waals surface area (Å²) in [5.41, 5.74) is 1.24. The molecule has 0 bridgehead atoms. The van der Waals surface area contributed by atoms with E-state index in [4.69, 9.17) is 9.47 Å². The maximum absolute atomic E-state index is 13.1. The van der Waals surface area contributed by atoms with E-state index >= 15 is 0 Å². The molecule has 2 unspecified atom stereocenters. The molecule has 0 radical (unpaired) electrons. The van der Waals surface area contributed by atoms with E-state index in [1.807, 2.05) is 6.07 Å². The van der Waals surface area contributed by atoms with Crippen LogP contribution in [0.3, 0.4) is 0 Å². The maximum Gasteiger partial charge on any atom is 0.338 e. The molecule has 0 spiro atoms. The molecule has 0 aliphatic carbocycles. The van der Waals surface area contributed by atoms with Gasteiger partial charge in [0.2, 0.25) is 0 Å². The van der Waals surface area contributed by atoms with Gasteiger partial charge in [0.15, 0.2) is 6.10 Å². The van der Waals surface area contributed by atoms with E-state index in [0.29, 0.717) is 12.2 Å². The molecule has 0 N–H and O–H groups in total. The van der Waals surface area contributed by atoms with E-state index in [-0.39, 0.29) is 11.9 Å². The zero-order chi connectivity index (χ0) is 15.4. The largest absolute Gasteiger partial charge is 0.451 e. The number of ether oxygens (including phenoxy) is 2. The third kappa shape index (κ3) is 3.34. The molecule has 4 heteroatoms. The van der Waals surface area contributed by atoms with E-state index < -0.39 is 12.1 Å². The van der Waals surface area contributed by atoms with Crippen molar-refractivity contribution >= 4 is 5.97 Å². The van der Waals surface area contributed by atoms with Crippen molar-refractivity contribution in [2.75, 3.05) is 6.61 Å². The normalized spacial score (nSPS) is 18.9. The highest BCUT2D eigenvalue weighted by molar-refractivity contribution is 5.89. The predicted molar refractivity (Wildman–Crippen MR) is 80.0 cm³/mol. The van der Waals surface area contributed by atoms with Gasteiger partial charge in [0.1, 0.15) is 5.82 Å². The van der Waals surface area contributed by atoms with Gasteiger partial charge in [-0.15, -0.1) is 0 Å². The third-order valence-corrected chi connectivity index (χ3v) is 3.74. The first kappa shape index (κ1) is 14.7. The van der Waals surface area contributed by atoms with Crippen LogP contribution in [-0.4, -0.2) is 18.7 Å².